The van der Waals surface area contributed by atoms with Crippen LogP contribution in [0.2, 0.25) is 0 Å². The summed E-state index contributed by atoms with van der Waals surface area (Å²) >= 11 is 6.64. The molecule has 0 unspecified atom stereocenters. The van der Waals surface area contributed by atoms with Gasteiger partial charge in [0.25, 0.3) is 0 Å². The first-order valence-corrected chi connectivity index (χ1v) is 5.75. The van der Waals surface area contributed by atoms with Gasteiger partial charge in [-0.2, -0.15) is 0 Å². The molecule has 0 aromatic rings. The fourth-order valence-electron chi connectivity index (χ4n) is 1.19. The lowest BCUT2D eigenvalue weighted by Crippen LogP contribution is -2.26. The Balaban J connectivity index is 2.20. The van der Waals surface area contributed by atoms with Crippen molar-refractivity contribution in [3.05, 3.63) is 0 Å². The van der Waals surface area contributed by atoms with Gasteiger partial charge in [-0.15, -0.1) is 0 Å². The number of carbonyl (C=O) groups is 1. The Morgan fingerprint density at radius 1 is 1.54 bits per heavy atom. The topological polar surface area (TPSA) is 32.3 Å². The van der Waals surface area contributed by atoms with E-state index in [0.29, 0.717) is 5.75 Å². The molecule has 1 rings (SSSR count). The third-order valence-corrected chi connectivity index (χ3v) is 3.49. The van der Waals surface area contributed by atoms with Gasteiger partial charge in [0.15, 0.2) is 0 Å². The number of carbonyl (C=O) groups excluding carboxylic acids is 1. The molecule has 1 heterocycles. The molecule has 0 saturated carbocycles. The molecule has 1 N–H and O–H groups in total. The quantitative estimate of drug-likeness (QED) is 0.696. The Morgan fingerprint density at radius 2 is 2.15 bits per heavy atom. The second-order valence-corrected chi connectivity index (χ2v) is 4.53. The highest BCUT2D eigenvalue weighted by molar-refractivity contribution is 8.23. The summed E-state index contributed by atoms with van der Waals surface area (Å²) in [5, 5.41) is 2.57. The van der Waals surface area contributed by atoms with Crippen molar-refractivity contribution in [3.63, 3.8) is 0 Å². The van der Waals surface area contributed by atoms with E-state index in [2.05, 4.69) is 10.2 Å². The Hall–Kier alpha value is -0.290. The van der Waals surface area contributed by atoms with E-state index in [1.165, 1.54) is 24.6 Å². The van der Waals surface area contributed by atoms with Crippen molar-refractivity contribution in [1.29, 1.82) is 0 Å². The molecule has 0 aliphatic carbocycles. The van der Waals surface area contributed by atoms with E-state index < -0.39 is 0 Å². The van der Waals surface area contributed by atoms with Gasteiger partial charge in [-0.1, -0.05) is 24.0 Å². The Labute approximate surface area is 88.2 Å². The predicted octanol–water partition coefficient (Wildman–Crippen LogP) is 0.846. The van der Waals surface area contributed by atoms with Crippen molar-refractivity contribution in [2.75, 3.05) is 25.9 Å². The second-order valence-electron chi connectivity index (χ2n) is 2.92. The van der Waals surface area contributed by atoms with Crippen LogP contribution in [0.25, 0.3) is 0 Å². The molecule has 0 atom stereocenters. The standard InChI is InChI=1S/C8H14N2OS2/c1-9-7(11)6-13-8(12)10-4-2-3-5-10/h2-6H2,1H3,(H,9,11). The van der Waals surface area contributed by atoms with Crippen LogP contribution in [-0.4, -0.2) is 41.0 Å². The largest absolute Gasteiger partial charge is 0.358 e. The first-order valence-electron chi connectivity index (χ1n) is 4.36. The summed E-state index contributed by atoms with van der Waals surface area (Å²) in [6.07, 6.45) is 2.45. The van der Waals surface area contributed by atoms with Gasteiger partial charge in [0.05, 0.1) is 5.75 Å². The van der Waals surface area contributed by atoms with Crippen LogP contribution in [0.5, 0.6) is 0 Å². The van der Waals surface area contributed by atoms with Crippen LogP contribution in [0.4, 0.5) is 0 Å². The summed E-state index contributed by atoms with van der Waals surface area (Å²) in [6.45, 7) is 2.11. The Bertz CT molecular complexity index is 202. The Morgan fingerprint density at radius 3 is 2.69 bits per heavy atom. The number of thiocarbonyl (C=S) groups is 1. The molecule has 5 heteroatoms. The number of nitrogens with zero attached hydrogens (tertiary/aromatic N) is 1. The Kier molecular flexibility index (Phi) is 4.52. The van der Waals surface area contributed by atoms with Gasteiger partial charge in [-0.05, 0) is 12.8 Å². The number of thioether (sulfide) groups is 1. The summed E-state index contributed by atoms with van der Waals surface area (Å²) in [7, 11) is 1.64. The fraction of sp³-hybridized carbons (Fsp3) is 0.750. The zero-order valence-electron chi connectivity index (χ0n) is 7.71. The fourth-order valence-corrected chi connectivity index (χ4v) is 2.31. The lowest BCUT2D eigenvalue weighted by Gasteiger charge is -2.16. The molecule has 1 amide bonds. The monoisotopic (exact) mass is 218 g/mol. The highest BCUT2D eigenvalue weighted by atomic mass is 32.2. The molecule has 0 spiro atoms. The minimum atomic E-state index is 0.0338. The van der Waals surface area contributed by atoms with Crippen molar-refractivity contribution in [1.82, 2.24) is 10.2 Å². The van der Waals surface area contributed by atoms with Gasteiger partial charge in [-0.3, -0.25) is 4.79 Å². The molecule has 1 aliphatic rings. The minimum absolute atomic E-state index is 0.0338. The molecule has 3 nitrogen and oxygen atoms in total. The predicted molar refractivity (Wildman–Crippen MR) is 59.9 cm³/mol. The average molecular weight is 218 g/mol. The van der Waals surface area contributed by atoms with Crippen LogP contribution >= 0.6 is 24.0 Å². The van der Waals surface area contributed by atoms with E-state index in [9.17, 15) is 4.79 Å². The van der Waals surface area contributed by atoms with Crippen molar-refractivity contribution < 1.29 is 4.79 Å². The van der Waals surface area contributed by atoms with Gasteiger partial charge < -0.3 is 10.2 Å². The summed E-state index contributed by atoms with van der Waals surface area (Å²) in [6, 6.07) is 0. The lowest BCUT2D eigenvalue weighted by atomic mass is 10.4. The van der Waals surface area contributed by atoms with Crippen LogP contribution in [0, 0.1) is 0 Å². The zero-order chi connectivity index (χ0) is 9.68. The van der Waals surface area contributed by atoms with Gasteiger partial charge in [0, 0.05) is 20.1 Å². The van der Waals surface area contributed by atoms with Crippen LogP contribution < -0.4 is 5.32 Å². The molecular weight excluding hydrogens is 204 g/mol. The van der Waals surface area contributed by atoms with Crippen molar-refractivity contribution in [2.45, 2.75) is 12.8 Å². The SMILES string of the molecule is CNC(=O)CSC(=S)N1CCCC1. The van der Waals surface area contributed by atoms with Gasteiger partial charge >= 0.3 is 0 Å². The molecule has 13 heavy (non-hydrogen) atoms. The van der Waals surface area contributed by atoms with E-state index in [0.717, 1.165) is 17.4 Å². The maximum absolute atomic E-state index is 10.9. The number of nitrogens with one attached hydrogen (secondary N) is 1. The molecule has 0 aromatic carbocycles. The third kappa shape index (κ3) is 3.52. The summed E-state index contributed by atoms with van der Waals surface area (Å²) < 4.78 is 0.862. The number of hydrogen-bond donors (Lipinski definition) is 1. The zero-order valence-corrected chi connectivity index (χ0v) is 9.34. The number of hydrogen-bond acceptors (Lipinski definition) is 3. The molecule has 74 valence electrons. The van der Waals surface area contributed by atoms with Crippen molar-refractivity contribution in [2.24, 2.45) is 0 Å². The molecular formula is C8H14N2OS2. The first-order chi connectivity index (χ1) is 6.24. The van der Waals surface area contributed by atoms with Crippen molar-refractivity contribution >= 4 is 34.2 Å². The molecule has 0 radical (unpaired) electrons. The summed E-state index contributed by atoms with van der Waals surface area (Å²) in [5.41, 5.74) is 0. The lowest BCUT2D eigenvalue weighted by molar-refractivity contribution is -0.118. The highest BCUT2D eigenvalue weighted by Crippen LogP contribution is 2.15. The van der Waals surface area contributed by atoms with Gasteiger partial charge in [0.1, 0.15) is 4.32 Å². The molecule has 0 aromatic heterocycles. The number of likely N-dealkylation sites (tertiary alicyclic amines) is 1. The highest BCUT2D eigenvalue weighted by Gasteiger charge is 2.15. The van der Waals surface area contributed by atoms with E-state index in [4.69, 9.17) is 12.2 Å². The van der Waals surface area contributed by atoms with Crippen LogP contribution in [0.1, 0.15) is 12.8 Å². The average Bonchev–Trinajstić information content (AvgIpc) is 2.66. The van der Waals surface area contributed by atoms with Gasteiger partial charge in [0.2, 0.25) is 5.91 Å². The third-order valence-electron chi connectivity index (χ3n) is 1.97. The molecule has 1 fully saturated rings. The molecule has 1 aliphatic heterocycles. The first kappa shape index (κ1) is 10.8. The van der Waals surface area contributed by atoms with E-state index in [-0.39, 0.29) is 5.91 Å². The maximum Gasteiger partial charge on any atom is 0.230 e. The normalized spacial score (nSPS) is 15.9. The number of rotatable bonds is 2. The minimum Gasteiger partial charge on any atom is -0.358 e. The number of amides is 1. The molecule has 0 bridgehead atoms. The summed E-state index contributed by atoms with van der Waals surface area (Å²) in [4.78, 5) is 13.1. The van der Waals surface area contributed by atoms with Gasteiger partial charge in [-0.25, -0.2) is 0 Å². The maximum atomic E-state index is 10.9. The van der Waals surface area contributed by atoms with Crippen LogP contribution in [-0.2, 0) is 4.79 Å². The molecule has 1 saturated heterocycles. The van der Waals surface area contributed by atoms with E-state index >= 15 is 0 Å². The summed E-state index contributed by atoms with van der Waals surface area (Å²) in [5.74, 6) is 0.470. The van der Waals surface area contributed by atoms with Crippen LogP contribution in [0.15, 0.2) is 0 Å². The van der Waals surface area contributed by atoms with E-state index in [1.807, 2.05) is 0 Å². The van der Waals surface area contributed by atoms with Crippen LogP contribution in [0.3, 0.4) is 0 Å². The van der Waals surface area contributed by atoms with E-state index in [1.54, 1.807) is 7.05 Å². The second kappa shape index (κ2) is 5.44. The van der Waals surface area contributed by atoms with Crippen molar-refractivity contribution in [3.8, 4) is 0 Å². The smallest absolute Gasteiger partial charge is 0.230 e.